The topological polar surface area (TPSA) is 62.3 Å². The summed E-state index contributed by atoms with van der Waals surface area (Å²) in [6.45, 7) is 1.52. The van der Waals surface area contributed by atoms with Crippen LogP contribution in [0.25, 0.3) is 0 Å². The maximum absolute atomic E-state index is 13.1. The molecule has 0 bridgehead atoms. The average molecular weight is 333 g/mol. The fraction of sp³-hybridized carbons (Fsp3) is 0.235. The molecule has 7 heteroatoms. The molecular weight excluding hydrogens is 316 g/mol. The van der Waals surface area contributed by atoms with Crippen molar-refractivity contribution in [1.29, 1.82) is 0 Å². The number of halogens is 2. The number of carbonyl (C=O) groups excluding carboxylic acids is 2. The summed E-state index contributed by atoms with van der Waals surface area (Å²) >= 11 is 0. The van der Waals surface area contributed by atoms with Gasteiger partial charge in [-0.2, -0.15) is 0 Å². The number of nitrogens with zero attached hydrogens (tertiary/aromatic N) is 2. The summed E-state index contributed by atoms with van der Waals surface area (Å²) in [7, 11) is 1.59. The van der Waals surface area contributed by atoms with Crippen LogP contribution in [0.5, 0.6) is 0 Å². The zero-order valence-corrected chi connectivity index (χ0v) is 13.3. The second-order valence-corrected chi connectivity index (χ2v) is 5.28. The van der Waals surface area contributed by atoms with E-state index in [-0.39, 0.29) is 24.1 Å². The Labute approximate surface area is 138 Å². The first-order valence-electron chi connectivity index (χ1n) is 7.29. The molecule has 1 atom stereocenters. The van der Waals surface area contributed by atoms with Crippen molar-refractivity contribution in [3.63, 3.8) is 0 Å². The average Bonchev–Trinajstić information content (AvgIpc) is 2.57. The maximum Gasteiger partial charge on any atom is 0.251 e. The van der Waals surface area contributed by atoms with E-state index in [4.69, 9.17) is 0 Å². The summed E-state index contributed by atoms with van der Waals surface area (Å²) < 4.78 is 26.2. The summed E-state index contributed by atoms with van der Waals surface area (Å²) in [6.07, 6.45) is 1.63. The summed E-state index contributed by atoms with van der Waals surface area (Å²) in [4.78, 5) is 29.7. The molecule has 0 saturated heterocycles. The molecule has 1 aromatic heterocycles. The fourth-order valence-electron chi connectivity index (χ4n) is 2.11. The summed E-state index contributed by atoms with van der Waals surface area (Å²) in [5.41, 5.74) is 0.535. The first-order valence-corrected chi connectivity index (χ1v) is 7.29. The molecule has 2 aromatic rings. The number of rotatable bonds is 5. The molecule has 1 N–H and O–H groups in total. The van der Waals surface area contributed by atoms with E-state index < -0.39 is 17.5 Å². The normalized spacial score (nSPS) is 11.7. The Bertz CT molecular complexity index is 718. The predicted octanol–water partition coefficient (Wildman–Crippen LogP) is 2.31. The van der Waals surface area contributed by atoms with Gasteiger partial charge in [0, 0.05) is 24.9 Å². The van der Waals surface area contributed by atoms with Crippen LogP contribution in [0.15, 0.2) is 42.6 Å². The Morgan fingerprint density at radius 1 is 1.21 bits per heavy atom. The molecule has 24 heavy (non-hydrogen) atoms. The van der Waals surface area contributed by atoms with Crippen molar-refractivity contribution >= 4 is 11.8 Å². The number of hydrogen-bond acceptors (Lipinski definition) is 3. The highest BCUT2D eigenvalue weighted by molar-refractivity contribution is 5.96. The zero-order valence-electron chi connectivity index (χ0n) is 13.3. The van der Waals surface area contributed by atoms with Gasteiger partial charge in [0.2, 0.25) is 5.91 Å². The van der Waals surface area contributed by atoms with Crippen molar-refractivity contribution in [3.05, 3.63) is 65.5 Å². The quantitative estimate of drug-likeness (QED) is 0.913. The van der Waals surface area contributed by atoms with Gasteiger partial charge in [0.05, 0.1) is 18.3 Å². The van der Waals surface area contributed by atoms with Crippen LogP contribution in [-0.2, 0) is 4.79 Å². The third-order valence-electron chi connectivity index (χ3n) is 3.62. The highest BCUT2D eigenvalue weighted by Crippen LogP contribution is 2.15. The molecule has 5 nitrogen and oxygen atoms in total. The van der Waals surface area contributed by atoms with E-state index in [9.17, 15) is 18.4 Å². The molecule has 0 spiro atoms. The molecule has 1 unspecified atom stereocenters. The smallest absolute Gasteiger partial charge is 0.251 e. The Kier molecular flexibility index (Phi) is 5.57. The van der Waals surface area contributed by atoms with Gasteiger partial charge in [-0.05, 0) is 31.2 Å². The van der Waals surface area contributed by atoms with Gasteiger partial charge in [0.15, 0.2) is 0 Å². The standard InChI is InChI=1S/C17H17F2N3O2/c1-11(15-5-3-4-6-20-15)22(2)16(23)10-21-17(24)12-7-13(18)9-14(19)8-12/h3-9,11H,10H2,1-2H3,(H,21,24). The lowest BCUT2D eigenvalue weighted by Crippen LogP contribution is -2.39. The molecule has 126 valence electrons. The molecule has 0 aliphatic heterocycles. The van der Waals surface area contributed by atoms with E-state index >= 15 is 0 Å². The number of nitrogens with one attached hydrogen (secondary N) is 1. The number of likely N-dealkylation sites (N-methyl/N-ethyl adjacent to an activating group) is 1. The Balaban J connectivity index is 1.95. The van der Waals surface area contributed by atoms with Gasteiger partial charge in [-0.3, -0.25) is 14.6 Å². The van der Waals surface area contributed by atoms with Gasteiger partial charge in [0.25, 0.3) is 5.91 Å². The van der Waals surface area contributed by atoms with Crippen LogP contribution in [0.3, 0.4) is 0 Å². The molecule has 1 aromatic carbocycles. The first-order chi connectivity index (χ1) is 11.4. The van der Waals surface area contributed by atoms with Gasteiger partial charge < -0.3 is 10.2 Å². The number of aromatic nitrogens is 1. The number of pyridine rings is 1. The Hall–Kier alpha value is -2.83. The SMILES string of the molecule is CC(c1ccccn1)N(C)C(=O)CNC(=O)c1cc(F)cc(F)c1. The minimum absolute atomic E-state index is 0.180. The second-order valence-electron chi connectivity index (χ2n) is 5.28. The predicted molar refractivity (Wildman–Crippen MR) is 84.1 cm³/mol. The van der Waals surface area contributed by atoms with Gasteiger partial charge >= 0.3 is 0 Å². The second kappa shape index (κ2) is 7.63. The van der Waals surface area contributed by atoms with E-state index in [1.807, 2.05) is 13.0 Å². The molecule has 0 fully saturated rings. The molecule has 1 heterocycles. The Morgan fingerprint density at radius 2 is 1.88 bits per heavy atom. The van der Waals surface area contributed by atoms with E-state index in [1.54, 1.807) is 25.4 Å². The van der Waals surface area contributed by atoms with Crippen molar-refractivity contribution in [1.82, 2.24) is 15.2 Å². The van der Waals surface area contributed by atoms with E-state index in [0.29, 0.717) is 11.8 Å². The van der Waals surface area contributed by atoms with Gasteiger partial charge in [0.1, 0.15) is 11.6 Å². The van der Waals surface area contributed by atoms with Gasteiger partial charge in [-0.1, -0.05) is 6.07 Å². The lowest BCUT2D eigenvalue weighted by Gasteiger charge is -2.24. The van der Waals surface area contributed by atoms with Crippen LogP contribution in [0.2, 0.25) is 0 Å². The summed E-state index contributed by atoms with van der Waals surface area (Å²) in [5, 5.41) is 2.36. The van der Waals surface area contributed by atoms with E-state index in [1.165, 1.54) is 4.90 Å². The van der Waals surface area contributed by atoms with Crippen LogP contribution in [0.4, 0.5) is 8.78 Å². The number of hydrogen-bond donors (Lipinski definition) is 1. The molecule has 2 rings (SSSR count). The largest absolute Gasteiger partial charge is 0.343 e. The summed E-state index contributed by atoms with van der Waals surface area (Å²) in [6, 6.07) is 7.59. The maximum atomic E-state index is 13.1. The third kappa shape index (κ3) is 4.34. The van der Waals surface area contributed by atoms with Crippen molar-refractivity contribution < 1.29 is 18.4 Å². The van der Waals surface area contributed by atoms with E-state index in [0.717, 1.165) is 12.1 Å². The van der Waals surface area contributed by atoms with Crippen molar-refractivity contribution in [2.45, 2.75) is 13.0 Å². The molecular formula is C17H17F2N3O2. The van der Waals surface area contributed by atoms with Crippen molar-refractivity contribution in [2.75, 3.05) is 13.6 Å². The third-order valence-corrected chi connectivity index (χ3v) is 3.62. The van der Waals surface area contributed by atoms with E-state index in [2.05, 4.69) is 10.3 Å². The van der Waals surface area contributed by atoms with Gasteiger partial charge in [-0.15, -0.1) is 0 Å². The highest BCUT2D eigenvalue weighted by Gasteiger charge is 2.19. The lowest BCUT2D eigenvalue weighted by molar-refractivity contribution is -0.130. The lowest BCUT2D eigenvalue weighted by atomic mass is 10.2. The molecule has 0 radical (unpaired) electrons. The molecule has 0 aliphatic carbocycles. The number of carbonyl (C=O) groups is 2. The van der Waals surface area contributed by atoms with Crippen LogP contribution in [0, 0.1) is 11.6 Å². The van der Waals surface area contributed by atoms with Crippen LogP contribution in [-0.4, -0.2) is 35.3 Å². The first kappa shape index (κ1) is 17.5. The van der Waals surface area contributed by atoms with Crippen LogP contribution in [0.1, 0.15) is 29.0 Å². The zero-order chi connectivity index (χ0) is 17.7. The van der Waals surface area contributed by atoms with Crippen LogP contribution < -0.4 is 5.32 Å². The minimum Gasteiger partial charge on any atom is -0.343 e. The highest BCUT2D eigenvalue weighted by atomic mass is 19.1. The summed E-state index contributed by atoms with van der Waals surface area (Å²) in [5.74, 6) is -2.78. The van der Waals surface area contributed by atoms with Crippen LogP contribution >= 0.6 is 0 Å². The Morgan fingerprint density at radius 3 is 2.46 bits per heavy atom. The van der Waals surface area contributed by atoms with Gasteiger partial charge in [-0.25, -0.2) is 8.78 Å². The van der Waals surface area contributed by atoms with Crippen molar-refractivity contribution in [2.24, 2.45) is 0 Å². The molecule has 0 saturated carbocycles. The number of amides is 2. The van der Waals surface area contributed by atoms with Crippen molar-refractivity contribution in [3.8, 4) is 0 Å². The minimum atomic E-state index is -0.854. The molecule has 0 aliphatic rings. The molecule has 2 amide bonds. The monoisotopic (exact) mass is 333 g/mol. The number of benzene rings is 1. The fourth-order valence-corrected chi connectivity index (χ4v) is 2.11.